The highest BCUT2D eigenvalue weighted by Gasteiger charge is 2.40. The maximum atomic E-state index is 12.6. The van der Waals surface area contributed by atoms with Gasteiger partial charge in [-0.15, -0.1) is 24.0 Å². The summed E-state index contributed by atoms with van der Waals surface area (Å²) in [6.07, 6.45) is 11.7. The lowest BCUT2D eigenvalue weighted by Gasteiger charge is -2.40. The summed E-state index contributed by atoms with van der Waals surface area (Å²) >= 11 is 12.9. The lowest BCUT2D eigenvalue weighted by Crippen LogP contribution is -2.45. The van der Waals surface area contributed by atoms with Gasteiger partial charge in [0.2, 0.25) is 0 Å². The van der Waals surface area contributed by atoms with Gasteiger partial charge in [-0.1, -0.05) is 61.4 Å². The van der Waals surface area contributed by atoms with Crippen LogP contribution in [-0.4, -0.2) is 66.4 Å². The van der Waals surface area contributed by atoms with E-state index >= 15 is 0 Å². The number of nitrogens with zero attached hydrogens (tertiary/aromatic N) is 1. The third kappa shape index (κ3) is 11.4. The number of esters is 1. The number of methoxy groups -OCH3 is 1. The van der Waals surface area contributed by atoms with Crippen molar-refractivity contribution in [1.29, 1.82) is 0 Å². The summed E-state index contributed by atoms with van der Waals surface area (Å²) in [6, 6.07) is 12.6. The van der Waals surface area contributed by atoms with E-state index in [-0.39, 0.29) is 49.6 Å². The topological polar surface area (TPSA) is 142 Å². The molecule has 2 unspecified atom stereocenters. The van der Waals surface area contributed by atoms with Crippen molar-refractivity contribution in [2.45, 2.75) is 64.3 Å². The van der Waals surface area contributed by atoms with E-state index in [1.165, 1.54) is 19.4 Å². The van der Waals surface area contributed by atoms with Gasteiger partial charge in [-0.2, -0.15) is 0 Å². The zero-order valence-corrected chi connectivity index (χ0v) is 32.1. The molecule has 3 atom stereocenters. The maximum Gasteiger partial charge on any atom is 0.337 e. The van der Waals surface area contributed by atoms with Gasteiger partial charge in [-0.25, -0.2) is 4.79 Å². The third-order valence-corrected chi connectivity index (χ3v) is 9.50. The van der Waals surface area contributed by atoms with E-state index in [4.69, 9.17) is 47.9 Å². The molecule has 1 aliphatic rings. The molecule has 1 aromatic heterocycles. The molecule has 0 bridgehead atoms. The smallest absolute Gasteiger partial charge is 0.337 e. The van der Waals surface area contributed by atoms with E-state index < -0.39 is 17.6 Å². The van der Waals surface area contributed by atoms with Crippen molar-refractivity contribution in [1.82, 2.24) is 10.3 Å². The lowest BCUT2D eigenvalue weighted by atomic mass is 9.76. The minimum absolute atomic E-state index is 0. The predicted octanol–water partition coefficient (Wildman–Crippen LogP) is 7.56. The first-order valence-electron chi connectivity index (χ1n) is 17.0. The summed E-state index contributed by atoms with van der Waals surface area (Å²) in [5.41, 5.74) is 9.53. The Morgan fingerprint density at radius 1 is 1.10 bits per heavy atom. The SMILES string of the molecule is COC(=O)C(CCCCN)NCc1cc(Cl)c(OCC2(OCCCCl)C=CC=C(c3ccccc3C)[C@@H]2C)cc1OCc1cncc(C(=O)O)c1.Cl. The summed E-state index contributed by atoms with van der Waals surface area (Å²) in [5.74, 6) is -0.294. The molecule has 0 fully saturated rings. The molecule has 4 N–H and O–H groups in total. The normalized spacial score (nSPS) is 17.1. The first kappa shape index (κ1) is 42.8. The highest BCUT2D eigenvalue weighted by atomic mass is 35.5. The van der Waals surface area contributed by atoms with Gasteiger partial charge in [0.25, 0.3) is 0 Å². The fourth-order valence-corrected chi connectivity index (χ4v) is 6.31. The van der Waals surface area contributed by atoms with Crippen molar-refractivity contribution in [3.8, 4) is 11.5 Å². The molecule has 1 heterocycles. The second-order valence-corrected chi connectivity index (χ2v) is 13.2. The molecule has 282 valence electrons. The molecule has 0 saturated heterocycles. The Labute approximate surface area is 322 Å². The number of nitrogens with two attached hydrogens (primary N) is 1. The summed E-state index contributed by atoms with van der Waals surface area (Å²) in [4.78, 5) is 28.2. The van der Waals surface area contributed by atoms with E-state index in [0.29, 0.717) is 59.5 Å². The molecular formula is C39H48Cl3N3O7. The van der Waals surface area contributed by atoms with Crippen LogP contribution >= 0.6 is 35.6 Å². The van der Waals surface area contributed by atoms with Gasteiger partial charge in [0.1, 0.15) is 36.4 Å². The maximum absolute atomic E-state index is 12.6. The minimum Gasteiger partial charge on any atom is -0.489 e. The fraction of sp³-hybridized carbons (Fsp3) is 0.410. The van der Waals surface area contributed by atoms with Gasteiger partial charge in [0.15, 0.2) is 0 Å². The van der Waals surface area contributed by atoms with Crippen LogP contribution < -0.4 is 20.5 Å². The Morgan fingerprint density at radius 2 is 1.88 bits per heavy atom. The van der Waals surface area contributed by atoms with Crippen LogP contribution in [0.25, 0.3) is 5.57 Å². The van der Waals surface area contributed by atoms with Crippen molar-refractivity contribution < 1.29 is 33.6 Å². The Bertz CT molecular complexity index is 1700. The summed E-state index contributed by atoms with van der Waals surface area (Å²) in [6.45, 7) is 5.57. The fourth-order valence-electron chi connectivity index (χ4n) is 5.96. The Kier molecular flexibility index (Phi) is 17.4. The van der Waals surface area contributed by atoms with Crippen molar-refractivity contribution in [2.75, 3.05) is 32.7 Å². The van der Waals surface area contributed by atoms with Crippen LogP contribution in [0.15, 0.2) is 73.1 Å². The molecule has 0 saturated carbocycles. The zero-order valence-electron chi connectivity index (χ0n) is 29.7. The predicted molar refractivity (Wildman–Crippen MR) is 207 cm³/mol. The molecule has 1 aliphatic carbocycles. The van der Waals surface area contributed by atoms with Crippen molar-refractivity contribution in [2.24, 2.45) is 11.7 Å². The van der Waals surface area contributed by atoms with E-state index in [9.17, 15) is 14.7 Å². The Hall–Kier alpha value is -3.64. The molecule has 13 heteroatoms. The molecular weight excluding hydrogens is 729 g/mol. The number of allylic oxidation sites excluding steroid dienone is 2. The number of unbranched alkanes of at least 4 members (excludes halogenated alkanes) is 1. The minimum atomic E-state index is -1.09. The highest BCUT2D eigenvalue weighted by molar-refractivity contribution is 6.32. The van der Waals surface area contributed by atoms with Gasteiger partial charge in [0.05, 0.1) is 17.7 Å². The second-order valence-electron chi connectivity index (χ2n) is 12.5. The number of nitrogens with one attached hydrogen (secondary N) is 1. The van der Waals surface area contributed by atoms with E-state index in [2.05, 4.69) is 42.4 Å². The number of carbonyl (C=O) groups excluding carboxylic acids is 1. The number of hydrogen-bond donors (Lipinski definition) is 3. The van der Waals surface area contributed by atoms with Crippen molar-refractivity contribution in [3.63, 3.8) is 0 Å². The third-order valence-electron chi connectivity index (χ3n) is 8.93. The van der Waals surface area contributed by atoms with Crippen LogP contribution in [0, 0.1) is 12.8 Å². The summed E-state index contributed by atoms with van der Waals surface area (Å²) in [5, 5.41) is 13.1. The number of aryl methyl sites for hydroxylation is 1. The number of carbonyl (C=O) groups is 2. The second kappa shape index (κ2) is 21.2. The number of halogens is 3. The number of aromatic nitrogens is 1. The number of alkyl halides is 1. The number of hydrogen-bond acceptors (Lipinski definition) is 9. The van der Waals surface area contributed by atoms with Crippen LogP contribution in [0.1, 0.15) is 65.2 Å². The molecule has 4 rings (SSSR count). The van der Waals surface area contributed by atoms with Gasteiger partial charge < -0.3 is 35.1 Å². The largest absolute Gasteiger partial charge is 0.489 e. The number of aromatic carboxylic acids is 1. The van der Waals surface area contributed by atoms with Crippen LogP contribution in [0.2, 0.25) is 5.02 Å². The standard InChI is InChI=1S/C39H47Cl2N3O7.ClH/c1-26-10-4-5-11-31(26)32-12-8-14-39(27(32)2,51-17-9-15-40)25-50-36-20-35(49-24-28-18-30(37(45)46)22-43-21-28)29(19-33(36)41)23-44-34(38(47)48-3)13-6-7-16-42;/h4-5,8,10-12,14,18-22,27,34,44H,6-7,9,13,15-17,23-25,42H2,1-3H3,(H,45,46);1H/t27-,34?,39?;/m0./s1. The molecule has 10 nitrogen and oxygen atoms in total. The number of rotatable bonds is 20. The molecule has 0 spiro atoms. The molecule has 0 radical (unpaired) electrons. The van der Waals surface area contributed by atoms with E-state index in [1.54, 1.807) is 18.3 Å². The van der Waals surface area contributed by atoms with Gasteiger partial charge in [-0.05, 0) is 67.6 Å². The first-order chi connectivity index (χ1) is 24.6. The Balaban J connectivity index is 0.00000729. The average Bonchev–Trinajstić information content (AvgIpc) is 3.13. The number of benzene rings is 2. The van der Waals surface area contributed by atoms with Gasteiger partial charge in [-0.3, -0.25) is 9.78 Å². The van der Waals surface area contributed by atoms with Crippen molar-refractivity contribution in [3.05, 3.63) is 106 Å². The van der Waals surface area contributed by atoms with E-state index in [0.717, 1.165) is 29.5 Å². The molecule has 0 aliphatic heterocycles. The highest BCUT2D eigenvalue weighted by Crippen LogP contribution is 2.41. The van der Waals surface area contributed by atoms with E-state index in [1.807, 2.05) is 24.3 Å². The van der Waals surface area contributed by atoms with Crippen LogP contribution in [0.3, 0.4) is 0 Å². The molecule has 52 heavy (non-hydrogen) atoms. The summed E-state index contributed by atoms with van der Waals surface area (Å²) < 4.78 is 24.4. The number of pyridine rings is 1. The molecule has 0 amide bonds. The number of ether oxygens (including phenoxy) is 4. The Morgan fingerprint density at radius 3 is 2.60 bits per heavy atom. The van der Waals surface area contributed by atoms with Crippen molar-refractivity contribution >= 4 is 53.1 Å². The molecule has 2 aromatic carbocycles. The lowest BCUT2D eigenvalue weighted by molar-refractivity contribution is -0.143. The summed E-state index contributed by atoms with van der Waals surface area (Å²) in [7, 11) is 1.35. The van der Waals surface area contributed by atoms with Gasteiger partial charge in [0, 0.05) is 54.5 Å². The number of carboxylic acid groups (broad SMARTS) is 1. The van der Waals surface area contributed by atoms with Crippen LogP contribution in [-0.2, 0) is 27.4 Å². The average molecular weight is 777 g/mol. The number of carboxylic acids is 1. The molecule has 3 aromatic rings. The van der Waals surface area contributed by atoms with Crippen LogP contribution in [0.5, 0.6) is 11.5 Å². The monoisotopic (exact) mass is 775 g/mol. The van der Waals surface area contributed by atoms with Crippen LogP contribution in [0.4, 0.5) is 0 Å². The first-order valence-corrected chi connectivity index (χ1v) is 18.0. The quantitative estimate of drug-likeness (QED) is 0.0598. The zero-order chi connectivity index (χ0) is 36.8. The van der Waals surface area contributed by atoms with Gasteiger partial charge >= 0.3 is 11.9 Å².